The third-order valence-corrected chi connectivity index (χ3v) is 3.07. The first-order valence-electron chi connectivity index (χ1n) is 6.40. The van der Waals surface area contributed by atoms with Crippen molar-refractivity contribution in [3.8, 4) is 0 Å². The van der Waals surface area contributed by atoms with Crippen LogP contribution in [-0.2, 0) is 17.9 Å². The maximum atomic E-state index is 12.8. The standard InChI is InChI=1S/C15H16FN3O2/c1-18(8-11-2-4-12(16)5-3-11)15(21)10-19-9-13(17)6-7-14(19)20/h2-7,9H,8,10,17H2,1H3. The Morgan fingerprint density at radius 1 is 1.24 bits per heavy atom. The monoisotopic (exact) mass is 289 g/mol. The Balaban J connectivity index is 2.04. The van der Waals surface area contributed by atoms with Crippen molar-refractivity contribution in [3.05, 3.63) is 64.3 Å². The van der Waals surface area contributed by atoms with Crippen LogP contribution in [0.3, 0.4) is 0 Å². The number of likely N-dealkylation sites (N-methyl/N-ethyl adjacent to an activating group) is 1. The van der Waals surface area contributed by atoms with Crippen molar-refractivity contribution < 1.29 is 9.18 Å². The molecule has 2 N–H and O–H groups in total. The molecule has 6 heteroatoms. The number of nitrogens with zero attached hydrogens (tertiary/aromatic N) is 2. The summed E-state index contributed by atoms with van der Waals surface area (Å²) >= 11 is 0. The number of amides is 1. The molecule has 0 aliphatic carbocycles. The number of nitrogens with two attached hydrogens (primary N) is 1. The van der Waals surface area contributed by atoms with Crippen LogP contribution in [0.25, 0.3) is 0 Å². The molecule has 0 saturated heterocycles. The summed E-state index contributed by atoms with van der Waals surface area (Å²) in [6.07, 6.45) is 1.44. The fraction of sp³-hybridized carbons (Fsp3) is 0.200. The van der Waals surface area contributed by atoms with E-state index in [4.69, 9.17) is 5.73 Å². The Morgan fingerprint density at radius 3 is 2.57 bits per heavy atom. The molecular weight excluding hydrogens is 273 g/mol. The molecule has 1 amide bonds. The zero-order valence-electron chi connectivity index (χ0n) is 11.6. The molecule has 2 aromatic rings. The highest BCUT2D eigenvalue weighted by molar-refractivity contribution is 5.75. The van der Waals surface area contributed by atoms with Gasteiger partial charge in [-0.3, -0.25) is 9.59 Å². The van der Waals surface area contributed by atoms with Gasteiger partial charge in [0.2, 0.25) is 5.91 Å². The molecule has 0 fully saturated rings. The average molecular weight is 289 g/mol. The zero-order valence-corrected chi connectivity index (χ0v) is 11.6. The van der Waals surface area contributed by atoms with Gasteiger partial charge in [-0.15, -0.1) is 0 Å². The van der Waals surface area contributed by atoms with E-state index in [1.165, 1.54) is 39.9 Å². The molecule has 0 unspecified atom stereocenters. The van der Waals surface area contributed by atoms with Gasteiger partial charge in [0.15, 0.2) is 0 Å². The van der Waals surface area contributed by atoms with E-state index in [1.807, 2.05) is 0 Å². The molecule has 0 bridgehead atoms. The van der Waals surface area contributed by atoms with Crippen molar-refractivity contribution in [2.45, 2.75) is 13.1 Å². The van der Waals surface area contributed by atoms with Gasteiger partial charge in [0.05, 0.1) is 0 Å². The number of nitrogen functional groups attached to an aromatic ring is 1. The van der Waals surface area contributed by atoms with Crippen LogP contribution in [-0.4, -0.2) is 22.4 Å². The number of rotatable bonds is 4. The van der Waals surface area contributed by atoms with Gasteiger partial charge in [-0.1, -0.05) is 12.1 Å². The number of benzene rings is 1. The number of aromatic nitrogens is 1. The molecular formula is C15H16FN3O2. The summed E-state index contributed by atoms with van der Waals surface area (Å²) in [5.74, 6) is -0.550. The second-order valence-electron chi connectivity index (χ2n) is 4.80. The van der Waals surface area contributed by atoms with Gasteiger partial charge < -0.3 is 15.2 Å². The minimum absolute atomic E-state index is 0.0818. The molecule has 2 rings (SSSR count). The lowest BCUT2D eigenvalue weighted by molar-refractivity contribution is -0.131. The first kappa shape index (κ1) is 14.8. The van der Waals surface area contributed by atoms with Gasteiger partial charge in [-0.25, -0.2) is 4.39 Å². The van der Waals surface area contributed by atoms with Crippen LogP contribution in [0.5, 0.6) is 0 Å². The molecule has 0 atom stereocenters. The third kappa shape index (κ3) is 3.92. The van der Waals surface area contributed by atoms with Crippen molar-refractivity contribution in [2.75, 3.05) is 12.8 Å². The maximum Gasteiger partial charge on any atom is 0.251 e. The summed E-state index contributed by atoms with van der Waals surface area (Å²) in [5, 5.41) is 0. The summed E-state index contributed by atoms with van der Waals surface area (Å²) in [6, 6.07) is 8.73. The molecule has 21 heavy (non-hydrogen) atoms. The van der Waals surface area contributed by atoms with Crippen LogP contribution in [0.15, 0.2) is 47.4 Å². The number of carbonyl (C=O) groups excluding carboxylic acids is 1. The van der Waals surface area contributed by atoms with Gasteiger partial charge in [0.1, 0.15) is 12.4 Å². The smallest absolute Gasteiger partial charge is 0.251 e. The Hall–Kier alpha value is -2.63. The number of anilines is 1. The molecule has 0 saturated carbocycles. The van der Waals surface area contributed by atoms with E-state index in [0.29, 0.717) is 12.2 Å². The highest BCUT2D eigenvalue weighted by atomic mass is 19.1. The predicted molar refractivity (Wildman–Crippen MR) is 78.0 cm³/mol. The first-order chi connectivity index (χ1) is 9.95. The van der Waals surface area contributed by atoms with Crippen LogP contribution >= 0.6 is 0 Å². The van der Waals surface area contributed by atoms with Gasteiger partial charge >= 0.3 is 0 Å². The predicted octanol–water partition coefficient (Wildman–Crippen LogP) is 1.23. The molecule has 5 nitrogen and oxygen atoms in total. The molecule has 0 aliphatic rings. The molecule has 1 aromatic heterocycles. The fourth-order valence-electron chi connectivity index (χ4n) is 1.89. The van der Waals surface area contributed by atoms with E-state index >= 15 is 0 Å². The number of hydrogen-bond acceptors (Lipinski definition) is 3. The van der Waals surface area contributed by atoms with Crippen LogP contribution in [0, 0.1) is 5.82 Å². The summed E-state index contributed by atoms with van der Waals surface area (Å²) in [7, 11) is 1.63. The summed E-state index contributed by atoms with van der Waals surface area (Å²) in [4.78, 5) is 25.2. The Morgan fingerprint density at radius 2 is 1.90 bits per heavy atom. The van der Waals surface area contributed by atoms with Crippen molar-refractivity contribution in [2.24, 2.45) is 0 Å². The quantitative estimate of drug-likeness (QED) is 0.920. The molecule has 110 valence electrons. The number of pyridine rings is 1. The lowest BCUT2D eigenvalue weighted by atomic mass is 10.2. The number of halogens is 1. The lowest BCUT2D eigenvalue weighted by Gasteiger charge is -2.18. The minimum atomic E-state index is -0.320. The minimum Gasteiger partial charge on any atom is -0.398 e. The average Bonchev–Trinajstić information content (AvgIpc) is 2.45. The summed E-state index contributed by atoms with van der Waals surface area (Å²) in [5.41, 5.74) is 6.54. The van der Waals surface area contributed by atoms with Crippen LogP contribution in [0.4, 0.5) is 10.1 Å². The molecule has 0 spiro atoms. The summed E-state index contributed by atoms with van der Waals surface area (Å²) < 4.78 is 14.1. The van der Waals surface area contributed by atoms with E-state index < -0.39 is 0 Å². The number of hydrogen-bond donors (Lipinski definition) is 1. The van der Waals surface area contributed by atoms with Crippen LogP contribution in [0.1, 0.15) is 5.56 Å². The second-order valence-corrected chi connectivity index (χ2v) is 4.80. The number of carbonyl (C=O) groups is 1. The highest BCUT2D eigenvalue weighted by Gasteiger charge is 2.11. The van der Waals surface area contributed by atoms with Gasteiger partial charge in [0.25, 0.3) is 5.56 Å². The van der Waals surface area contributed by atoms with Crippen LogP contribution in [0.2, 0.25) is 0 Å². The van der Waals surface area contributed by atoms with Crippen molar-refractivity contribution in [3.63, 3.8) is 0 Å². The zero-order chi connectivity index (χ0) is 15.4. The fourth-order valence-corrected chi connectivity index (χ4v) is 1.89. The lowest BCUT2D eigenvalue weighted by Crippen LogP contribution is -2.33. The van der Waals surface area contributed by atoms with E-state index in [2.05, 4.69) is 0 Å². The van der Waals surface area contributed by atoms with E-state index in [9.17, 15) is 14.0 Å². The Bertz CT molecular complexity index is 695. The first-order valence-corrected chi connectivity index (χ1v) is 6.40. The molecule has 1 heterocycles. The molecule has 0 aliphatic heterocycles. The highest BCUT2D eigenvalue weighted by Crippen LogP contribution is 2.06. The normalized spacial score (nSPS) is 10.4. The topological polar surface area (TPSA) is 68.3 Å². The van der Waals surface area contributed by atoms with E-state index in [-0.39, 0.29) is 23.8 Å². The SMILES string of the molecule is CN(Cc1ccc(F)cc1)C(=O)Cn1cc(N)ccc1=O. The molecule has 0 radical (unpaired) electrons. The van der Waals surface area contributed by atoms with Gasteiger partial charge in [-0.2, -0.15) is 0 Å². The van der Waals surface area contributed by atoms with Crippen LogP contribution < -0.4 is 11.3 Å². The van der Waals surface area contributed by atoms with Gasteiger partial charge in [-0.05, 0) is 23.8 Å². The Kier molecular flexibility index (Phi) is 4.37. The maximum absolute atomic E-state index is 12.8. The van der Waals surface area contributed by atoms with Crippen molar-refractivity contribution in [1.29, 1.82) is 0 Å². The second kappa shape index (κ2) is 6.21. The van der Waals surface area contributed by atoms with Gasteiger partial charge in [0, 0.05) is 31.5 Å². The third-order valence-electron chi connectivity index (χ3n) is 3.07. The van der Waals surface area contributed by atoms with Crippen molar-refractivity contribution in [1.82, 2.24) is 9.47 Å². The largest absolute Gasteiger partial charge is 0.398 e. The molecule has 1 aromatic carbocycles. The van der Waals surface area contributed by atoms with E-state index in [1.54, 1.807) is 19.2 Å². The summed E-state index contributed by atoms with van der Waals surface area (Å²) in [6.45, 7) is 0.262. The van der Waals surface area contributed by atoms with Crippen molar-refractivity contribution >= 4 is 11.6 Å². The Labute approximate surface area is 121 Å². The van der Waals surface area contributed by atoms with E-state index in [0.717, 1.165) is 5.56 Å².